The van der Waals surface area contributed by atoms with E-state index in [0.29, 0.717) is 23.1 Å². The van der Waals surface area contributed by atoms with E-state index in [9.17, 15) is 19.5 Å². The molecule has 1 heterocycles. The van der Waals surface area contributed by atoms with E-state index in [0.717, 1.165) is 16.2 Å². The summed E-state index contributed by atoms with van der Waals surface area (Å²) < 4.78 is 12.0. The molecule has 3 rings (SSSR count). The lowest BCUT2D eigenvalue weighted by Gasteiger charge is -2.12. The van der Waals surface area contributed by atoms with Crippen LogP contribution >= 0.6 is 27.7 Å². The summed E-state index contributed by atoms with van der Waals surface area (Å²) >= 11 is 4.52. The van der Waals surface area contributed by atoms with Crippen molar-refractivity contribution in [2.75, 3.05) is 25.3 Å². The van der Waals surface area contributed by atoms with Gasteiger partial charge in [-0.05, 0) is 43.3 Å². The van der Waals surface area contributed by atoms with Gasteiger partial charge < -0.3 is 24.5 Å². The van der Waals surface area contributed by atoms with Crippen LogP contribution in [0.15, 0.2) is 46.0 Å². The van der Waals surface area contributed by atoms with Gasteiger partial charge in [-0.15, -0.1) is 10.2 Å². The number of ether oxygens (including phenoxy) is 2. The van der Waals surface area contributed by atoms with Crippen LogP contribution in [0.3, 0.4) is 0 Å². The summed E-state index contributed by atoms with van der Waals surface area (Å²) in [7, 11) is 2.45. The zero-order valence-electron chi connectivity index (χ0n) is 18.5. The zero-order valence-corrected chi connectivity index (χ0v) is 20.9. The third-order valence-electron chi connectivity index (χ3n) is 4.68. The predicted molar refractivity (Wildman–Crippen MR) is 129 cm³/mol. The van der Waals surface area contributed by atoms with E-state index in [-0.39, 0.29) is 28.3 Å². The van der Waals surface area contributed by atoms with E-state index < -0.39 is 17.8 Å². The normalized spacial score (nSPS) is 10.6. The SMILES string of the molecule is CCn1c(SCC(=O)Nc2cc(C(=O)OC)ccc2C(=O)OC)nnc1-c1cc(Br)ccc1O. The maximum Gasteiger partial charge on any atom is 0.339 e. The smallest absolute Gasteiger partial charge is 0.339 e. The second-order valence-corrected chi connectivity index (χ2v) is 8.65. The van der Waals surface area contributed by atoms with Crippen LogP contribution < -0.4 is 5.32 Å². The van der Waals surface area contributed by atoms with Gasteiger partial charge in [-0.1, -0.05) is 27.7 Å². The molecule has 12 heteroatoms. The molecule has 1 aromatic heterocycles. The molecule has 0 spiro atoms. The number of phenols is 1. The van der Waals surface area contributed by atoms with Gasteiger partial charge in [0.05, 0.1) is 42.4 Å². The van der Waals surface area contributed by atoms with E-state index in [4.69, 9.17) is 9.47 Å². The standard InChI is InChI=1S/C22H21BrN4O6S/c1-4-27-19(15-10-13(23)6-8-17(15)28)25-26-22(27)34-11-18(29)24-16-9-12(20(30)32-2)5-7-14(16)21(31)33-3/h5-10,28H,4,11H2,1-3H3,(H,24,29). The summed E-state index contributed by atoms with van der Waals surface area (Å²) in [4.78, 5) is 36.6. The minimum atomic E-state index is -0.663. The fourth-order valence-corrected chi connectivity index (χ4v) is 4.23. The van der Waals surface area contributed by atoms with Crippen LogP contribution in [0.25, 0.3) is 11.4 Å². The van der Waals surface area contributed by atoms with Crippen molar-refractivity contribution in [3.63, 3.8) is 0 Å². The summed E-state index contributed by atoms with van der Waals surface area (Å²) in [6, 6.07) is 9.13. The molecule has 2 aromatic carbocycles. The van der Waals surface area contributed by atoms with Crippen LogP contribution in [0.5, 0.6) is 5.75 Å². The Hall–Kier alpha value is -3.38. The van der Waals surface area contributed by atoms with Crippen molar-refractivity contribution in [1.82, 2.24) is 14.8 Å². The molecule has 0 aliphatic heterocycles. The average Bonchev–Trinajstić information content (AvgIpc) is 3.25. The molecule has 178 valence electrons. The van der Waals surface area contributed by atoms with E-state index in [1.807, 2.05) is 6.92 Å². The quantitative estimate of drug-likeness (QED) is 0.319. The molecule has 3 aromatic rings. The van der Waals surface area contributed by atoms with E-state index in [1.54, 1.807) is 22.8 Å². The van der Waals surface area contributed by atoms with Crippen molar-refractivity contribution in [2.24, 2.45) is 0 Å². The Balaban J connectivity index is 1.79. The molecule has 10 nitrogen and oxygen atoms in total. The highest BCUT2D eigenvalue weighted by atomic mass is 79.9. The molecule has 0 unspecified atom stereocenters. The molecule has 0 atom stereocenters. The molecular weight excluding hydrogens is 528 g/mol. The number of benzene rings is 2. The van der Waals surface area contributed by atoms with Gasteiger partial charge in [-0.2, -0.15) is 0 Å². The Morgan fingerprint density at radius 2 is 1.82 bits per heavy atom. The predicted octanol–water partition coefficient (Wildman–Crippen LogP) is 3.74. The van der Waals surface area contributed by atoms with Crippen LogP contribution in [0.2, 0.25) is 0 Å². The second kappa shape index (κ2) is 11.2. The third kappa shape index (κ3) is 5.57. The third-order valence-corrected chi connectivity index (χ3v) is 6.15. The fraction of sp³-hybridized carbons (Fsp3) is 0.227. The number of methoxy groups -OCH3 is 2. The van der Waals surface area contributed by atoms with Gasteiger partial charge in [0.25, 0.3) is 0 Å². The summed E-state index contributed by atoms with van der Waals surface area (Å²) in [6.07, 6.45) is 0. The minimum absolute atomic E-state index is 0.0499. The number of halogens is 1. The number of carbonyl (C=O) groups excluding carboxylic acids is 3. The first-order valence-corrected chi connectivity index (χ1v) is 11.7. The Morgan fingerprint density at radius 3 is 2.50 bits per heavy atom. The van der Waals surface area contributed by atoms with Gasteiger partial charge in [0, 0.05) is 11.0 Å². The molecule has 2 N–H and O–H groups in total. The summed E-state index contributed by atoms with van der Waals surface area (Å²) in [5.41, 5.74) is 0.888. The summed E-state index contributed by atoms with van der Waals surface area (Å²) in [6.45, 7) is 2.40. The fourth-order valence-electron chi connectivity index (χ4n) is 3.06. The monoisotopic (exact) mass is 548 g/mol. The Morgan fingerprint density at radius 1 is 1.09 bits per heavy atom. The number of anilines is 1. The number of aromatic hydroxyl groups is 1. The van der Waals surface area contributed by atoms with Gasteiger partial charge in [0.2, 0.25) is 5.91 Å². The van der Waals surface area contributed by atoms with Crippen LogP contribution in [-0.4, -0.2) is 57.7 Å². The molecule has 0 saturated carbocycles. The van der Waals surface area contributed by atoms with Gasteiger partial charge in [-0.25, -0.2) is 9.59 Å². The minimum Gasteiger partial charge on any atom is -0.507 e. The maximum absolute atomic E-state index is 12.7. The number of nitrogens with one attached hydrogen (secondary N) is 1. The van der Waals surface area contributed by atoms with Crippen LogP contribution in [0.4, 0.5) is 5.69 Å². The molecule has 0 aliphatic carbocycles. The first-order valence-electron chi connectivity index (χ1n) is 9.94. The van der Waals surface area contributed by atoms with Crippen LogP contribution in [0.1, 0.15) is 27.6 Å². The molecule has 0 radical (unpaired) electrons. The number of amides is 1. The Bertz CT molecular complexity index is 1250. The number of rotatable bonds is 8. The van der Waals surface area contributed by atoms with Gasteiger partial charge in [0.15, 0.2) is 11.0 Å². The maximum atomic E-state index is 12.7. The Labute approximate surface area is 207 Å². The largest absolute Gasteiger partial charge is 0.507 e. The second-order valence-electron chi connectivity index (χ2n) is 6.79. The van der Waals surface area contributed by atoms with Crippen molar-refractivity contribution < 1.29 is 29.0 Å². The highest BCUT2D eigenvalue weighted by Crippen LogP contribution is 2.32. The van der Waals surface area contributed by atoms with Gasteiger partial charge in [-0.3, -0.25) is 4.79 Å². The molecule has 1 amide bonds. The first-order chi connectivity index (χ1) is 16.3. The number of hydrogen-bond donors (Lipinski definition) is 2. The highest BCUT2D eigenvalue weighted by Gasteiger charge is 2.20. The summed E-state index contributed by atoms with van der Waals surface area (Å²) in [5, 5.41) is 21.7. The van der Waals surface area contributed by atoms with Crippen molar-refractivity contribution >= 4 is 51.2 Å². The number of phenolic OH excluding ortho intramolecular Hbond substituents is 1. The number of esters is 2. The molecule has 0 bridgehead atoms. The molecule has 0 saturated heterocycles. The number of hydrogen-bond acceptors (Lipinski definition) is 9. The van der Waals surface area contributed by atoms with E-state index in [1.165, 1.54) is 32.4 Å². The molecule has 0 aliphatic rings. The van der Waals surface area contributed by atoms with Crippen LogP contribution in [0, 0.1) is 0 Å². The molecular formula is C22H21BrN4O6S. The lowest BCUT2D eigenvalue weighted by atomic mass is 10.1. The summed E-state index contributed by atoms with van der Waals surface area (Å²) in [5.74, 6) is -1.24. The first kappa shape index (κ1) is 25.2. The molecule has 0 fully saturated rings. The van der Waals surface area contributed by atoms with Crippen molar-refractivity contribution in [3.8, 4) is 17.1 Å². The van der Waals surface area contributed by atoms with Gasteiger partial charge >= 0.3 is 11.9 Å². The lowest BCUT2D eigenvalue weighted by Crippen LogP contribution is -2.18. The number of aromatic nitrogens is 3. The highest BCUT2D eigenvalue weighted by molar-refractivity contribution is 9.10. The average molecular weight is 549 g/mol. The van der Waals surface area contributed by atoms with E-state index in [2.05, 4.69) is 31.4 Å². The number of carbonyl (C=O) groups is 3. The van der Waals surface area contributed by atoms with Crippen LogP contribution in [-0.2, 0) is 20.8 Å². The van der Waals surface area contributed by atoms with Crippen molar-refractivity contribution in [1.29, 1.82) is 0 Å². The lowest BCUT2D eigenvalue weighted by molar-refractivity contribution is -0.113. The topological polar surface area (TPSA) is 133 Å². The number of nitrogens with zero attached hydrogens (tertiary/aromatic N) is 3. The van der Waals surface area contributed by atoms with Crippen molar-refractivity contribution in [2.45, 2.75) is 18.6 Å². The number of thioether (sulfide) groups is 1. The van der Waals surface area contributed by atoms with Crippen molar-refractivity contribution in [3.05, 3.63) is 52.0 Å². The van der Waals surface area contributed by atoms with E-state index >= 15 is 0 Å². The molecule has 34 heavy (non-hydrogen) atoms. The zero-order chi connectivity index (χ0) is 24.8. The Kier molecular flexibility index (Phi) is 8.29. The van der Waals surface area contributed by atoms with Gasteiger partial charge in [0.1, 0.15) is 5.75 Å².